The lowest BCUT2D eigenvalue weighted by Crippen LogP contribution is -2.12. The van der Waals surface area contributed by atoms with Gasteiger partial charge in [0, 0.05) is 40.2 Å². The molecule has 21 heteroatoms. The van der Waals surface area contributed by atoms with Crippen LogP contribution in [0.15, 0.2) is 174 Å². The number of aryl methyl sites for hydroxylation is 1. The molecule has 76 heavy (non-hydrogen) atoms. The Morgan fingerprint density at radius 2 is 1.13 bits per heavy atom. The number of azo groups is 4. The van der Waals surface area contributed by atoms with Crippen molar-refractivity contribution in [2.75, 3.05) is 45.1 Å². The van der Waals surface area contributed by atoms with Crippen LogP contribution >= 0.6 is 0 Å². The minimum absolute atomic E-state index is 0.0645. The molecule has 0 unspecified atom stereocenters. The quantitative estimate of drug-likeness (QED) is 0.0298. The van der Waals surface area contributed by atoms with E-state index < -0.39 is 21.8 Å². The van der Waals surface area contributed by atoms with E-state index in [1.807, 2.05) is 32.9 Å². The molecule has 0 bridgehead atoms. The van der Waals surface area contributed by atoms with Crippen molar-refractivity contribution in [3.05, 3.63) is 145 Å². The first-order valence-electron chi connectivity index (χ1n) is 23.7. The summed E-state index contributed by atoms with van der Waals surface area (Å²) in [6.07, 6.45) is 0.101. The van der Waals surface area contributed by atoms with Gasteiger partial charge in [0.05, 0.1) is 56.9 Å². The van der Waals surface area contributed by atoms with Crippen molar-refractivity contribution < 1.29 is 51.7 Å². The number of anilines is 1. The number of amides is 1. The fraction of sp³-hybridized carbons (Fsp3) is 0.182. The molecular formula is C55H51N9O11S. The molecule has 4 N–H and O–H groups in total. The minimum Gasteiger partial charge on any atom is -0.508 e. The summed E-state index contributed by atoms with van der Waals surface area (Å²) in [6, 6.07) is 37.2. The van der Waals surface area contributed by atoms with Crippen molar-refractivity contribution in [3.63, 3.8) is 0 Å². The number of aromatic hydroxyl groups is 2. The Balaban J connectivity index is 0.971. The summed E-state index contributed by atoms with van der Waals surface area (Å²) < 4.78 is 60.4. The van der Waals surface area contributed by atoms with Crippen molar-refractivity contribution in [3.8, 4) is 40.2 Å². The Hall–Kier alpha value is -9.34. The fourth-order valence-corrected chi connectivity index (χ4v) is 8.10. The van der Waals surface area contributed by atoms with Gasteiger partial charge < -0.3 is 39.2 Å². The van der Waals surface area contributed by atoms with E-state index in [0.29, 0.717) is 98.0 Å². The monoisotopic (exact) mass is 1050 g/mol. The van der Waals surface area contributed by atoms with Crippen LogP contribution < -0.4 is 29.0 Å². The van der Waals surface area contributed by atoms with Crippen LogP contribution in [0.25, 0.3) is 21.5 Å². The van der Waals surface area contributed by atoms with Crippen LogP contribution in [0.1, 0.15) is 36.2 Å². The number of hydrogen-bond acceptors (Lipinski definition) is 18. The Morgan fingerprint density at radius 1 is 0.539 bits per heavy atom. The van der Waals surface area contributed by atoms with Crippen LogP contribution in [0.4, 0.5) is 51.2 Å². The molecule has 0 heterocycles. The number of hydrogen-bond donors (Lipinski definition) is 4. The second-order valence-corrected chi connectivity index (χ2v) is 18.2. The van der Waals surface area contributed by atoms with Crippen molar-refractivity contribution in [2.45, 2.75) is 27.2 Å². The number of nitrogens with zero attached hydrogens (tertiary/aromatic N) is 8. The van der Waals surface area contributed by atoms with Gasteiger partial charge in [-0.3, -0.25) is 9.35 Å². The van der Waals surface area contributed by atoms with Crippen molar-refractivity contribution in [2.24, 2.45) is 40.9 Å². The number of rotatable bonds is 21. The third kappa shape index (κ3) is 13.2. The van der Waals surface area contributed by atoms with E-state index >= 15 is 0 Å². The first kappa shape index (κ1) is 53.0. The molecule has 20 nitrogen and oxygen atoms in total. The first-order chi connectivity index (χ1) is 36.7. The second-order valence-electron chi connectivity index (χ2n) is 16.6. The number of phenolic OH excluding ortho intramolecular Hbond substituents is 2. The number of phenols is 2. The van der Waals surface area contributed by atoms with Crippen molar-refractivity contribution in [1.82, 2.24) is 0 Å². The van der Waals surface area contributed by atoms with E-state index in [0.717, 1.165) is 10.8 Å². The third-order valence-electron chi connectivity index (χ3n) is 11.4. The van der Waals surface area contributed by atoms with E-state index in [1.165, 1.54) is 26.4 Å². The van der Waals surface area contributed by atoms with Gasteiger partial charge in [0.25, 0.3) is 16.0 Å². The maximum Gasteiger partial charge on any atom is 0.264 e. The maximum absolute atomic E-state index is 13.5. The summed E-state index contributed by atoms with van der Waals surface area (Å²) in [6.45, 7) is 6.15. The van der Waals surface area contributed by atoms with Crippen LogP contribution in [-0.2, 0) is 10.1 Å². The summed E-state index contributed by atoms with van der Waals surface area (Å²) in [5.74, 6) is 1.05. The molecule has 0 saturated carbocycles. The fourth-order valence-electron chi connectivity index (χ4n) is 7.61. The first-order valence-corrected chi connectivity index (χ1v) is 25.3. The van der Waals surface area contributed by atoms with Crippen molar-refractivity contribution in [1.29, 1.82) is 0 Å². The zero-order valence-corrected chi connectivity index (χ0v) is 42.6. The zero-order valence-electron chi connectivity index (χ0n) is 41.8. The highest BCUT2D eigenvalue weighted by Gasteiger charge is 2.17. The summed E-state index contributed by atoms with van der Waals surface area (Å²) in [7, 11) is -1.16. The lowest BCUT2D eigenvalue weighted by Gasteiger charge is -2.13. The van der Waals surface area contributed by atoms with Crippen LogP contribution in [0.2, 0.25) is 0 Å². The molecule has 388 valence electrons. The smallest absolute Gasteiger partial charge is 0.264 e. The molecule has 1 amide bonds. The van der Waals surface area contributed by atoms with Gasteiger partial charge in [-0.25, -0.2) is 0 Å². The molecule has 0 atom stereocenters. The summed E-state index contributed by atoms with van der Waals surface area (Å²) in [5.41, 5.74) is 4.73. The Bertz CT molecular complexity index is 3680. The van der Waals surface area contributed by atoms with Crippen LogP contribution in [0.5, 0.6) is 40.2 Å². The van der Waals surface area contributed by atoms with E-state index in [-0.39, 0.29) is 41.5 Å². The molecule has 0 fully saturated rings. The molecular weight excluding hydrogens is 995 g/mol. The molecule has 0 saturated heterocycles. The molecule has 0 aliphatic heterocycles. The standard InChI is InChI=1S/C55H51N9O11S/c1-6-73-52-32-48(64-61-45-30-51(72-5)46(26-33(45)3)62-60-44-23-13-35-27-39(18-21-41(35)54(44)66)58-57-37-16-19-40(65)20-17-37)53(74-7-2)31-47(52)63-59-43-22-14-36(28-50(43)71-4)55(67)56-38-15-12-34-10-8-11-49(42(34)29-38)75-24-9-25-76(68,69)70/h8,10-23,26-32,65-66H,6-7,9,24-25H2,1-5H3,(H,56,67)(H,68,69,70)/b58-57+,62-60?,63-59?,64-61?. The van der Waals surface area contributed by atoms with Gasteiger partial charge in [-0.2, -0.15) is 23.8 Å². The highest BCUT2D eigenvalue weighted by Crippen LogP contribution is 2.44. The lowest BCUT2D eigenvalue weighted by atomic mass is 10.1. The topological polar surface area (TPSA) is 269 Å². The number of carbonyl (C=O) groups is 1. The predicted octanol–water partition coefficient (Wildman–Crippen LogP) is 15.1. The van der Waals surface area contributed by atoms with Gasteiger partial charge in [-0.1, -0.05) is 24.3 Å². The predicted molar refractivity (Wildman–Crippen MR) is 288 cm³/mol. The molecule has 0 aromatic heterocycles. The average Bonchev–Trinajstić information content (AvgIpc) is 3.41. The van der Waals surface area contributed by atoms with Crippen molar-refractivity contribution >= 4 is 88.8 Å². The van der Waals surface area contributed by atoms with Gasteiger partial charge in [-0.05, 0) is 135 Å². The maximum atomic E-state index is 13.5. The molecule has 8 rings (SSSR count). The molecule has 0 spiro atoms. The van der Waals surface area contributed by atoms with Crippen LogP contribution in [-0.4, -0.2) is 68.9 Å². The van der Waals surface area contributed by atoms with Crippen LogP contribution in [0.3, 0.4) is 0 Å². The molecule has 8 aromatic carbocycles. The minimum atomic E-state index is -4.11. The van der Waals surface area contributed by atoms with Gasteiger partial charge >= 0.3 is 0 Å². The summed E-state index contributed by atoms with van der Waals surface area (Å²) in [5, 5.41) is 61.7. The molecule has 0 aliphatic rings. The summed E-state index contributed by atoms with van der Waals surface area (Å²) in [4.78, 5) is 13.5. The van der Waals surface area contributed by atoms with Gasteiger partial charge in [-0.15, -0.1) is 25.6 Å². The zero-order chi connectivity index (χ0) is 53.8. The largest absolute Gasteiger partial charge is 0.508 e. The number of fused-ring (bicyclic) bond motifs is 2. The number of ether oxygens (including phenoxy) is 5. The highest BCUT2D eigenvalue weighted by molar-refractivity contribution is 7.85. The summed E-state index contributed by atoms with van der Waals surface area (Å²) >= 11 is 0. The lowest BCUT2D eigenvalue weighted by molar-refractivity contribution is 0.102. The van der Waals surface area contributed by atoms with Gasteiger partial charge in [0.2, 0.25) is 0 Å². The number of benzene rings is 8. The Morgan fingerprint density at radius 3 is 1.82 bits per heavy atom. The van der Waals surface area contributed by atoms with Gasteiger partial charge in [0.15, 0.2) is 5.75 Å². The Labute approximate surface area is 436 Å². The van der Waals surface area contributed by atoms with E-state index in [4.69, 9.17) is 28.2 Å². The number of nitrogens with one attached hydrogen (secondary N) is 1. The van der Waals surface area contributed by atoms with E-state index in [2.05, 4.69) is 46.2 Å². The molecule has 8 aromatic rings. The number of methoxy groups -OCH3 is 2. The second kappa shape index (κ2) is 24.1. The average molecular weight is 1050 g/mol. The normalized spacial score (nSPS) is 11.9. The third-order valence-corrected chi connectivity index (χ3v) is 12.2. The van der Waals surface area contributed by atoms with Gasteiger partial charge in [0.1, 0.15) is 62.9 Å². The number of carbonyl (C=O) groups excluding carboxylic acids is 1. The Kier molecular flexibility index (Phi) is 16.8. The highest BCUT2D eigenvalue weighted by atomic mass is 32.2. The van der Waals surface area contributed by atoms with Crippen LogP contribution in [0, 0.1) is 6.92 Å². The molecule has 0 aliphatic carbocycles. The van der Waals surface area contributed by atoms with E-state index in [9.17, 15) is 23.4 Å². The molecule has 0 radical (unpaired) electrons. The van der Waals surface area contributed by atoms with E-state index in [1.54, 1.807) is 109 Å². The SMILES string of the molecule is CCOc1cc(N=Nc2ccc(C(=O)Nc3ccc4cccc(OCCCS(=O)(=O)O)c4c3)cc2OC)c(OCC)cc1N=Nc1cc(OC)c(N=Nc2ccc3cc(/N=N/c4ccc(O)cc4)ccc3c2O)cc1C.